The number of benzene rings is 1. The fourth-order valence-corrected chi connectivity index (χ4v) is 2.77. The van der Waals surface area contributed by atoms with Gasteiger partial charge in [0, 0.05) is 23.5 Å². The lowest BCUT2D eigenvalue weighted by Crippen LogP contribution is -2.31. The van der Waals surface area contributed by atoms with E-state index in [0.717, 1.165) is 17.4 Å². The van der Waals surface area contributed by atoms with Crippen molar-refractivity contribution in [3.63, 3.8) is 0 Å². The van der Waals surface area contributed by atoms with E-state index < -0.39 is 0 Å². The molecular weight excluding hydrogens is 266 g/mol. The van der Waals surface area contributed by atoms with Crippen LogP contribution in [0.2, 0.25) is 0 Å². The topological polar surface area (TPSA) is 20.3 Å². The zero-order valence-corrected chi connectivity index (χ0v) is 10.7. The molecule has 1 saturated carbocycles. The molecule has 0 unspecified atom stereocenters. The number of hydrogen-bond donors (Lipinski definition) is 0. The summed E-state index contributed by atoms with van der Waals surface area (Å²) >= 11 is 3.50. The van der Waals surface area contributed by atoms with Crippen molar-refractivity contribution in [3.05, 3.63) is 33.8 Å². The first-order valence-electron chi connectivity index (χ1n) is 5.81. The summed E-state index contributed by atoms with van der Waals surface area (Å²) in [5.74, 6) is 0.329. The van der Waals surface area contributed by atoms with E-state index in [2.05, 4.69) is 39.0 Å². The molecular formula is C13H14BrNO. The predicted molar refractivity (Wildman–Crippen MR) is 66.0 cm³/mol. The molecule has 0 N–H and O–H groups in total. The minimum atomic E-state index is 0.329. The van der Waals surface area contributed by atoms with Gasteiger partial charge in [-0.25, -0.2) is 0 Å². The zero-order valence-electron chi connectivity index (χ0n) is 9.08. The molecule has 0 atom stereocenters. The molecule has 1 fully saturated rings. The maximum atomic E-state index is 12.0. The highest BCUT2D eigenvalue weighted by Crippen LogP contribution is 2.32. The van der Waals surface area contributed by atoms with E-state index in [1.54, 1.807) is 0 Å². The van der Waals surface area contributed by atoms with Gasteiger partial charge in [-0.05, 0) is 42.5 Å². The van der Waals surface area contributed by atoms with Crippen LogP contribution in [0.1, 0.15) is 30.4 Å². The van der Waals surface area contributed by atoms with E-state index in [4.69, 9.17) is 0 Å². The molecule has 0 saturated heterocycles. The number of fused-ring (bicyclic) bond motifs is 1. The summed E-state index contributed by atoms with van der Waals surface area (Å²) in [5.41, 5.74) is 2.65. The van der Waals surface area contributed by atoms with Crippen molar-refractivity contribution in [3.8, 4) is 0 Å². The molecule has 1 heterocycles. The first kappa shape index (κ1) is 10.3. The molecule has 0 bridgehead atoms. The lowest BCUT2D eigenvalue weighted by atomic mass is 10.0. The van der Waals surface area contributed by atoms with Gasteiger partial charge in [0.1, 0.15) is 0 Å². The highest BCUT2D eigenvalue weighted by Gasteiger charge is 2.33. The summed E-state index contributed by atoms with van der Waals surface area (Å²) < 4.78 is 1.11. The van der Waals surface area contributed by atoms with Crippen molar-refractivity contribution < 1.29 is 4.79 Å². The smallest absolute Gasteiger partial charge is 0.223 e. The van der Waals surface area contributed by atoms with Gasteiger partial charge in [0.15, 0.2) is 0 Å². The standard InChI is InChI=1S/C13H14BrNO/c14-11-3-1-9-2-6-13(16)15(12-4-5-12)8-10(9)7-11/h1,3,7,12H,2,4-6,8H2. The normalized spacial score (nSPS) is 20.6. The second-order valence-corrected chi connectivity index (χ2v) is 5.58. The fraction of sp³-hybridized carbons (Fsp3) is 0.462. The van der Waals surface area contributed by atoms with Crippen LogP contribution < -0.4 is 0 Å². The van der Waals surface area contributed by atoms with Crippen LogP contribution in [0.15, 0.2) is 22.7 Å². The molecule has 1 amide bonds. The number of rotatable bonds is 1. The third-order valence-electron chi connectivity index (χ3n) is 3.43. The molecule has 1 aliphatic carbocycles. The molecule has 84 valence electrons. The van der Waals surface area contributed by atoms with Crippen molar-refractivity contribution in [1.82, 2.24) is 4.90 Å². The van der Waals surface area contributed by atoms with Crippen molar-refractivity contribution >= 4 is 21.8 Å². The average Bonchev–Trinajstić information content (AvgIpc) is 3.06. The Labute approximate surface area is 104 Å². The minimum Gasteiger partial charge on any atom is -0.335 e. The molecule has 1 aliphatic heterocycles. The first-order chi connectivity index (χ1) is 7.74. The Morgan fingerprint density at radius 2 is 2.00 bits per heavy atom. The zero-order chi connectivity index (χ0) is 11.1. The maximum absolute atomic E-state index is 12.0. The van der Waals surface area contributed by atoms with Crippen molar-refractivity contribution in [2.45, 2.75) is 38.3 Å². The summed E-state index contributed by atoms with van der Waals surface area (Å²) in [4.78, 5) is 14.0. The van der Waals surface area contributed by atoms with Crippen molar-refractivity contribution in [2.24, 2.45) is 0 Å². The Kier molecular flexibility index (Phi) is 2.51. The van der Waals surface area contributed by atoms with Gasteiger partial charge >= 0.3 is 0 Å². The lowest BCUT2D eigenvalue weighted by Gasteiger charge is -2.20. The number of nitrogens with zero attached hydrogens (tertiary/aromatic N) is 1. The third-order valence-corrected chi connectivity index (χ3v) is 3.92. The van der Waals surface area contributed by atoms with Crippen LogP contribution in [-0.4, -0.2) is 16.8 Å². The number of halogens is 1. The molecule has 1 aromatic carbocycles. The highest BCUT2D eigenvalue weighted by molar-refractivity contribution is 9.10. The van der Waals surface area contributed by atoms with E-state index in [9.17, 15) is 4.79 Å². The number of hydrogen-bond acceptors (Lipinski definition) is 1. The Morgan fingerprint density at radius 1 is 1.19 bits per heavy atom. The van der Waals surface area contributed by atoms with Crippen LogP contribution in [0.25, 0.3) is 0 Å². The Balaban J connectivity index is 1.94. The van der Waals surface area contributed by atoms with Gasteiger partial charge in [0.2, 0.25) is 5.91 Å². The summed E-state index contributed by atoms with van der Waals surface area (Å²) in [5, 5.41) is 0. The van der Waals surface area contributed by atoms with Gasteiger partial charge in [-0.3, -0.25) is 4.79 Å². The lowest BCUT2D eigenvalue weighted by molar-refractivity contribution is -0.132. The fourth-order valence-electron chi connectivity index (χ4n) is 2.36. The second-order valence-electron chi connectivity index (χ2n) is 4.67. The van der Waals surface area contributed by atoms with Gasteiger partial charge in [-0.1, -0.05) is 22.0 Å². The molecule has 0 aromatic heterocycles. The Bertz CT molecular complexity index is 440. The van der Waals surface area contributed by atoms with E-state index >= 15 is 0 Å². The summed E-state index contributed by atoms with van der Waals surface area (Å²) in [7, 11) is 0. The van der Waals surface area contributed by atoms with Gasteiger partial charge in [0.25, 0.3) is 0 Å². The number of amides is 1. The van der Waals surface area contributed by atoms with E-state index in [1.807, 2.05) is 0 Å². The molecule has 2 aliphatic rings. The average molecular weight is 280 g/mol. The third kappa shape index (κ3) is 1.88. The van der Waals surface area contributed by atoms with E-state index in [-0.39, 0.29) is 0 Å². The Hall–Kier alpha value is -0.830. The monoisotopic (exact) mass is 279 g/mol. The molecule has 1 aromatic rings. The predicted octanol–water partition coefficient (Wildman–Crippen LogP) is 2.89. The van der Waals surface area contributed by atoms with Crippen molar-refractivity contribution in [1.29, 1.82) is 0 Å². The van der Waals surface area contributed by atoms with Crippen LogP contribution in [-0.2, 0) is 17.8 Å². The largest absolute Gasteiger partial charge is 0.335 e. The molecule has 3 rings (SSSR count). The Morgan fingerprint density at radius 3 is 2.75 bits per heavy atom. The molecule has 2 nitrogen and oxygen atoms in total. The van der Waals surface area contributed by atoms with E-state index in [1.165, 1.54) is 24.0 Å². The van der Waals surface area contributed by atoms with Crippen LogP contribution in [0.3, 0.4) is 0 Å². The molecule has 0 radical (unpaired) electrons. The molecule has 0 spiro atoms. The first-order valence-corrected chi connectivity index (χ1v) is 6.60. The van der Waals surface area contributed by atoms with E-state index in [0.29, 0.717) is 18.4 Å². The second kappa shape index (κ2) is 3.88. The number of carbonyl (C=O) groups excluding carboxylic acids is 1. The van der Waals surface area contributed by atoms with Gasteiger partial charge in [0.05, 0.1) is 0 Å². The summed E-state index contributed by atoms with van der Waals surface area (Å²) in [6.07, 6.45) is 3.94. The van der Waals surface area contributed by atoms with Gasteiger partial charge in [-0.2, -0.15) is 0 Å². The molecule has 3 heteroatoms. The van der Waals surface area contributed by atoms with Crippen LogP contribution >= 0.6 is 15.9 Å². The number of aryl methyl sites for hydroxylation is 1. The minimum absolute atomic E-state index is 0.329. The van der Waals surface area contributed by atoms with Crippen LogP contribution in [0.4, 0.5) is 0 Å². The SMILES string of the molecule is O=C1CCc2ccc(Br)cc2CN1C1CC1. The van der Waals surface area contributed by atoms with Gasteiger partial charge < -0.3 is 4.90 Å². The summed E-state index contributed by atoms with van der Waals surface area (Å²) in [6, 6.07) is 6.89. The van der Waals surface area contributed by atoms with Crippen LogP contribution in [0.5, 0.6) is 0 Å². The number of carbonyl (C=O) groups is 1. The van der Waals surface area contributed by atoms with Crippen LogP contribution in [0, 0.1) is 0 Å². The maximum Gasteiger partial charge on any atom is 0.223 e. The highest BCUT2D eigenvalue weighted by atomic mass is 79.9. The van der Waals surface area contributed by atoms with Crippen molar-refractivity contribution in [2.75, 3.05) is 0 Å². The summed E-state index contributed by atoms with van der Waals surface area (Å²) in [6.45, 7) is 0.804. The quantitative estimate of drug-likeness (QED) is 0.774. The van der Waals surface area contributed by atoms with Gasteiger partial charge in [-0.15, -0.1) is 0 Å². The molecule has 16 heavy (non-hydrogen) atoms.